The average Bonchev–Trinajstić information content (AvgIpc) is 3.06. The molecule has 0 spiro atoms. The Morgan fingerprint density at radius 3 is 2.62 bits per heavy atom. The molecule has 1 heterocycles. The fourth-order valence-electron chi connectivity index (χ4n) is 2.84. The number of ether oxygens (including phenoxy) is 1. The van der Waals surface area contributed by atoms with E-state index < -0.39 is 6.10 Å². The number of carbonyl (C=O) groups is 2. The fraction of sp³-hybridized carbons (Fsp3) is 0.238. The number of hydrogen-bond acceptors (Lipinski definition) is 3. The van der Waals surface area contributed by atoms with Gasteiger partial charge >= 0.3 is 5.97 Å². The zero-order valence-corrected chi connectivity index (χ0v) is 14.7. The van der Waals surface area contributed by atoms with Crippen molar-refractivity contribution in [2.24, 2.45) is 0 Å². The minimum Gasteiger partial charge on any atom is -0.453 e. The second kappa shape index (κ2) is 8.34. The number of fused-ring (bicyclic) bond motifs is 1. The van der Waals surface area contributed by atoms with Crippen LogP contribution in [0.1, 0.15) is 25.3 Å². The van der Waals surface area contributed by atoms with E-state index in [2.05, 4.69) is 16.4 Å². The summed E-state index contributed by atoms with van der Waals surface area (Å²) in [4.78, 5) is 27.3. The molecule has 0 saturated carbocycles. The van der Waals surface area contributed by atoms with E-state index in [1.165, 1.54) is 10.9 Å². The first-order chi connectivity index (χ1) is 12.6. The van der Waals surface area contributed by atoms with Gasteiger partial charge in [0, 0.05) is 29.2 Å². The van der Waals surface area contributed by atoms with E-state index in [1.807, 2.05) is 42.6 Å². The standard InChI is InChI=1S/C21H22N2O3/c1-15(21(25)23-17-9-3-2-4-10-17)26-20(24)13-7-8-16-14-22-19-12-6-5-11-18(16)19/h2-6,9-12,14-15,22H,7-8,13H2,1H3,(H,23,25). The van der Waals surface area contributed by atoms with Crippen molar-refractivity contribution in [3.63, 3.8) is 0 Å². The van der Waals surface area contributed by atoms with Gasteiger partial charge in [0.25, 0.3) is 5.91 Å². The van der Waals surface area contributed by atoms with Crippen molar-refractivity contribution in [3.8, 4) is 0 Å². The molecule has 26 heavy (non-hydrogen) atoms. The van der Waals surface area contributed by atoms with Gasteiger partial charge in [0.05, 0.1) is 0 Å². The Kier molecular flexibility index (Phi) is 5.69. The van der Waals surface area contributed by atoms with E-state index in [1.54, 1.807) is 19.1 Å². The second-order valence-corrected chi connectivity index (χ2v) is 6.20. The highest BCUT2D eigenvalue weighted by molar-refractivity contribution is 5.95. The number of nitrogens with one attached hydrogen (secondary N) is 2. The van der Waals surface area contributed by atoms with Gasteiger partial charge in [-0.15, -0.1) is 0 Å². The average molecular weight is 350 g/mol. The second-order valence-electron chi connectivity index (χ2n) is 6.20. The molecule has 1 atom stereocenters. The lowest BCUT2D eigenvalue weighted by Crippen LogP contribution is -2.29. The van der Waals surface area contributed by atoms with Crippen molar-refractivity contribution in [1.82, 2.24) is 4.98 Å². The molecule has 0 fully saturated rings. The maximum absolute atomic E-state index is 12.1. The quantitative estimate of drug-likeness (QED) is 0.631. The lowest BCUT2D eigenvalue weighted by molar-refractivity contribution is -0.153. The van der Waals surface area contributed by atoms with E-state index in [4.69, 9.17) is 4.74 Å². The number of esters is 1. The minimum atomic E-state index is -0.823. The highest BCUT2D eigenvalue weighted by Gasteiger charge is 2.17. The van der Waals surface area contributed by atoms with Crippen LogP contribution in [0.15, 0.2) is 60.8 Å². The number of para-hydroxylation sites is 2. The van der Waals surface area contributed by atoms with E-state index >= 15 is 0 Å². The number of aryl methyl sites for hydroxylation is 1. The first kappa shape index (κ1) is 17.7. The van der Waals surface area contributed by atoms with Gasteiger partial charge in [-0.25, -0.2) is 0 Å². The summed E-state index contributed by atoms with van der Waals surface area (Å²) in [6, 6.07) is 17.2. The summed E-state index contributed by atoms with van der Waals surface area (Å²) >= 11 is 0. The van der Waals surface area contributed by atoms with Crippen LogP contribution >= 0.6 is 0 Å². The van der Waals surface area contributed by atoms with Crippen molar-refractivity contribution in [2.75, 3.05) is 5.32 Å². The summed E-state index contributed by atoms with van der Waals surface area (Å²) in [5, 5.41) is 3.90. The van der Waals surface area contributed by atoms with Crippen LogP contribution in [0.4, 0.5) is 5.69 Å². The van der Waals surface area contributed by atoms with Gasteiger partial charge in [-0.05, 0) is 43.5 Å². The van der Waals surface area contributed by atoms with E-state index in [0.717, 1.165) is 11.9 Å². The smallest absolute Gasteiger partial charge is 0.306 e. The molecular formula is C21H22N2O3. The maximum atomic E-state index is 12.1. The van der Waals surface area contributed by atoms with Crippen LogP contribution in [0.2, 0.25) is 0 Å². The van der Waals surface area contributed by atoms with Gasteiger partial charge < -0.3 is 15.0 Å². The number of anilines is 1. The molecule has 5 heteroatoms. The number of amides is 1. The SMILES string of the molecule is CC(OC(=O)CCCc1c[nH]c2ccccc12)C(=O)Nc1ccccc1. The summed E-state index contributed by atoms with van der Waals surface area (Å²) in [5.41, 5.74) is 2.96. The molecule has 2 aromatic carbocycles. The molecule has 0 radical (unpaired) electrons. The molecule has 134 valence electrons. The minimum absolute atomic E-state index is 0.280. The predicted molar refractivity (Wildman–Crippen MR) is 102 cm³/mol. The Hall–Kier alpha value is -3.08. The van der Waals surface area contributed by atoms with Crippen molar-refractivity contribution < 1.29 is 14.3 Å². The first-order valence-electron chi connectivity index (χ1n) is 8.74. The molecule has 0 saturated heterocycles. The predicted octanol–water partition coefficient (Wildman–Crippen LogP) is 4.06. The molecular weight excluding hydrogens is 328 g/mol. The summed E-state index contributed by atoms with van der Waals surface area (Å²) in [7, 11) is 0. The third-order valence-corrected chi connectivity index (χ3v) is 4.22. The molecule has 5 nitrogen and oxygen atoms in total. The summed E-state index contributed by atoms with van der Waals surface area (Å²) in [6.45, 7) is 1.58. The largest absolute Gasteiger partial charge is 0.453 e. The topological polar surface area (TPSA) is 71.2 Å². The lowest BCUT2D eigenvalue weighted by atomic mass is 10.1. The van der Waals surface area contributed by atoms with Gasteiger partial charge in [0.15, 0.2) is 6.10 Å². The summed E-state index contributed by atoms with van der Waals surface area (Å²) in [6.07, 6.45) is 2.89. The van der Waals surface area contributed by atoms with Crippen molar-refractivity contribution in [3.05, 3.63) is 66.4 Å². The number of H-pyrrole nitrogens is 1. The zero-order chi connectivity index (χ0) is 18.4. The van der Waals surface area contributed by atoms with Crippen molar-refractivity contribution in [1.29, 1.82) is 0 Å². The number of aromatic amines is 1. The number of benzene rings is 2. The van der Waals surface area contributed by atoms with Crippen molar-refractivity contribution in [2.45, 2.75) is 32.3 Å². The Balaban J connectivity index is 1.44. The first-order valence-corrected chi connectivity index (χ1v) is 8.74. The molecule has 2 N–H and O–H groups in total. The molecule has 3 aromatic rings. The number of rotatable bonds is 7. The van der Waals surface area contributed by atoms with E-state index in [9.17, 15) is 9.59 Å². The van der Waals surface area contributed by atoms with Gasteiger partial charge in [0.1, 0.15) is 0 Å². The van der Waals surface area contributed by atoms with E-state index in [-0.39, 0.29) is 18.3 Å². The van der Waals surface area contributed by atoms with Gasteiger partial charge in [-0.2, -0.15) is 0 Å². The summed E-state index contributed by atoms with van der Waals surface area (Å²) < 4.78 is 5.23. The highest BCUT2D eigenvalue weighted by Crippen LogP contribution is 2.19. The van der Waals surface area contributed by atoms with Crippen LogP contribution in [0.25, 0.3) is 10.9 Å². The molecule has 3 rings (SSSR count). The zero-order valence-electron chi connectivity index (χ0n) is 14.7. The number of hydrogen-bond donors (Lipinski definition) is 2. The Bertz CT molecular complexity index is 886. The molecule has 0 aliphatic heterocycles. The third-order valence-electron chi connectivity index (χ3n) is 4.22. The van der Waals surface area contributed by atoms with Crippen LogP contribution in [0.3, 0.4) is 0 Å². The van der Waals surface area contributed by atoms with Crippen LogP contribution in [0, 0.1) is 0 Å². The Labute approximate surface area is 152 Å². The molecule has 0 aliphatic rings. The van der Waals surface area contributed by atoms with Crippen LogP contribution in [0.5, 0.6) is 0 Å². The van der Waals surface area contributed by atoms with Crippen LogP contribution in [-0.4, -0.2) is 23.0 Å². The van der Waals surface area contributed by atoms with Gasteiger partial charge in [-0.3, -0.25) is 9.59 Å². The Morgan fingerprint density at radius 1 is 1.08 bits per heavy atom. The summed E-state index contributed by atoms with van der Waals surface area (Å²) in [5.74, 6) is -0.693. The molecule has 0 bridgehead atoms. The number of carbonyl (C=O) groups excluding carboxylic acids is 2. The van der Waals surface area contributed by atoms with Crippen molar-refractivity contribution >= 4 is 28.5 Å². The van der Waals surface area contributed by atoms with Crippen LogP contribution in [-0.2, 0) is 20.7 Å². The van der Waals surface area contributed by atoms with Gasteiger partial charge in [0.2, 0.25) is 0 Å². The Morgan fingerprint density at radius 2 is 1.81 bits per heavy atom. The van der Waals surface area contributed by atoms with E-state index in [0.29, 0.717) is 12.1 Å². The normalized spacial score (nSPS) is 11.9. The monoisotopic (exact) mass is 350 g/mol. The third kappa shape index (κ3) is 4.51. The maximum Gasteiger partial charge on any atom is 0.306 e. The van der Waals surface area contributed by atoms with Gasteiger partial charge in [-0.1, -0.05) is 36.4 Å². The molecule has 1 aromatic heterocycles. The molecule has 1 unspecified atom stereocenters. The van der Waals surface area contributed by atoms with Crippen LogP contribution < -0.4 is 5.32 Å². The molecule has 1 amide bonds. The highest BCUT2D eigenvalue weighted by atomic mass is 16.5. The fourth-order valence-corrected chi connectivity index (χ4v) is 2.84. The number of aromatic nitrogens is 1. The lowest BCUT2D eigenvalue weighted by Gasteiger charge is -2.13. The molecule has 0 aliphatic carbocycles.